The number of fused-ring (bicyclic) bond motifs is 1. The van der Waals surface area contributed by atoms with Gasteiger partial charge in [-0.3, -0.25) is 4.90 Å². The first-order chi connectivity index (χ1) is 8.18. The maximum atomic E-state index is 9.98. The zero-order chi connectivity index (χ0) is 11.9. The van der Waals surface area contributed by atoms with Crippen LogP contribution in [0.2, 0.25) is 0 Å². The molecule has 2 heteroatoms. The second kappa shape index (κ2) is 4.11. The van der Waals surface area contributed by atoms with Gasteiger partial charge in [-0.15, -0.1) is 0 Å². The molecule has 92 valence electrons. The molecule has 0 radical (unpaired) electrons. The van der Waals surface area contributed by atoms with Crippen LogP contribution in [0.3, 0.4) is 0 Å². The summed E-state index contributed by atoms with van der Waals surface area (Å²) in [4.78, 5) is 2.33. The van der Waals surface area contributed by atoms with Gasteiger partial charge in [0.05, 0.1) is 5.60 Å². The third-order valence-corrected chi connectivity index (χ3v) is 4.26. The van der Waals surface area contributed by atoms with Crippen LogP contribution in [0.25, 0.3) is 0 Å². The summed E-state index contributed by atoms with van der Waals surface area (Å²) >= 11 is 0. The Morgan fingerprint density at radius 3 is 2.76 bits per heavy atom. The lowest BCUT2D eigenvalue weighted by molar-refractivity contribution is -0.103. The van der Waals surface area contributed by atoms with Crippen molar-refractivity contribution in [1.29, 1.82) is 0 Å². The Balaban J connectivity index is 1.63. The number of nitrogens with zero attached hydrogens (tertiary/aromatic N) is 1. The molecular weight excluding hydrogens is 210 g/mol. The fourth-order valence-corrected chi connectivity index (χ4v) is 3.10. The van der Waals surface area contributed by atoms with E-state index < -0.39 is 5.60 Å². The first-order valence-corrected chi connectivity index (χ1v) is 6.74. The Morgan fingerprint density at radius 2 is 2.00 bits per heavy atom. The lowest BCUT2D eigenvalue weighted by Crippen LogP contribution is -2.60. The van der Waals surface area contributed by atoms with E-state index in [2.05, 4.69) is 30.0 Å². The van der Waals surface area contributed by atoms with Gasteiger partial charge in [0.15, 0.2) is 0 Å². The highest BCUT2D eigenvalue weighted by molar-refractivity contribution is 5.35. The van der Waals surface area contributed by atoms with Crippen LogP contribution in [-0.2, 0) is 19.4 Å². The molecule has 1 aromatic rings. The zero-order valence-electron chi connectivity index (χ0n) is 10.6. The molecule has 1 aliphatic heterocycles. The van der Waals surface area contributed by atoms with Crippen molar-refractivity contribution < 1.29 is 5.11 Å². The quantitative estimate of drug-likeness (QED) is 0.861. The van der Waals surface area contributed by atoms with Crippen LogP contribution >= 0.6 is 0 Å². The van der Waals surface area contributed by atoms with Gasteiger partial charge in [0, 0.05) is 19.6 Å². The second-order valence-electron chi connectivity index (χ2n) is 5.68. The molecule has 2 nitrogen and oxygen atoms in total. The molecule has 1 saturated heterocycles. The zero-order valence-corrected chi connectivity index (χ0v) is 10.6. The average Bonchev–Trinajstić information content (AvgIpc) is 2.74. The van der Waals surface area contributed by atoms with E-state index in [-0.39, 0.29) is 0 Å². The fourth-order valence-electron chi connectivity index (χ4n) is 3.10. The maximum Gasteiger partial charge on any atom is 0.0897 e. The van der Waals surface area contributed by atoms with Crippen molar-refractivity contribution in [1.82, 2.24) is 4.90 Å². The van der Waals surface area contributed by atoms with E-state index in [1.54, 1.807) is 11.1 Å². The summed E-state index contributed by atoms with van der Waals surface area (Å²) in [5.74, 6) is 0. The first kappa shape index (κ1) is 11.2. The molecule has 0 spiro atoms. The van der Waals surface area contributed by atoms with Crippen LogP contribution in [0.1, 0.15) is 36.5 Å². The lowest BCUT2D eigenvalue weighted by Gasteiger charge is -2.46. The van der Waals surface area contributed by atoms with E-state index in [0.717, 1.165) is 26.1 Å². The summed E-state index contributed by atoms with van der Waals surface area (Å²) in [5.41, 5.74) is 4.09. The van der Waals surface area contributed by atoms with Crippen molar-refractivity contribution >= 4 is 0 Å². The number of β-amino-alcohol motifs (C(OH)–C–C–N with tert-alkyl or cyclic N) is 1. The molecule has 0 unspecified atom stereocenters. The molecule has 0 bridgehead atoms. The highest BCUT2D eigenvalue weighted by atomic mass is 16.3. The number of likely N-dealkylation sites (tertiary alicyclic amines) is 1. The Morgan fingerprint density at radius 1 is 1.24 bits per heavy atom. The molecule has 1 aromatic carbocycles. The maximum absolute atomic E-state index is 9.98. The van der Waals surface area contributed by atoms with Gasteiger partial charge in [-0.2, -0.15) is 0 Å². The van der Waals surface area contributed by atoms with Gasteiger partial charge in [-0.1, -0.05) is 25.1 Å². The van der Waals surface area contributed by atoms with Crippen LogP contribution in [-0.4, -0.2) is 28.7 Å². The molecule has 0 aromatic heterocycles. The predicted octanol–water partition coefficient (Wildman–Crippen LogP) is 2.13. The molecule has 1 N–H and O–H groups in total. The van der Waals surface area contributed by atoms with E-state index >= 15 is 0 Å². The van der Waals surface area contributed by atoms with Gasteiger partial charge in [-0.25, -0.2) is 0 Å². The molecule has 2 aliphatic rings. The van der Waals surface area contributed by atoms with Gasteiger partial charge >= 0.3 is 0 Å². The van der Waals surface area contributed by atoms with E-state index in [4.69, 9.17) is 0 Å². The average molecular weight is 231 g/mol. The predicted molar refractivity (Wildman–Crippen MR) is 69.0 cm³/mol. The van der Waals surface area contributed by atoms with E-state index in [0.29, 0.717) is 0 Å². The van der Waals surface area contributed by atoms with Crippen molar-refractivity contribution in [3.05, 3.63) is 34.9 Å². The highest BCUT2D eigenvalue weighted by Crippen LogP contribution is 2.27. The minimum absolute atomic E-state index is 0.406. The number of benzene rings is 1. The minimum atomic E-state index is -0.406. The van der Waals surface area contributed by atoms with Gasteiger partial charge in [-0.05, 0) is 42.4 Å². The van der Waals surface area contributed by atoms with E-state index in [1.807, 2.05) is 0 Å². The molecule has 1 fully saturated rings. The number of aliphatic hydroxyl groups is 1. The molecule has 17 heavy (non-hydrogen) atoms. The van der Waals surface area contributed by atoms with Crippen molar-refractivity contribution in [3.8, 4) is 0 Å². The molecule has 1 heterocycles. The Hall–Kier alpha value is -0.860. The number of hydrogen-bond donors (Lipinski definition) is 1. The Kier molecular flexibility index (Phi) is 2.72. The largest absolute Gasteiger partial charge is 0.387 e. The minimum Gasteiger partial charge on any atom is -0.387 e. The second-order valence-corrected chi connectivity index (χ2v) is 5.68. The normalized spacial score (nSPS) is 22.2. The first-order valence-electron chi connectivity index (χ1n) is 6.74. The smallest absolute Gasteiger partial charge is 0.0897 e. The Labute approximate surface area is 103 Å². The van der Waals surface area contributed by atoms with E-state index in [1.165, 1.54) is 24.8 Å². The van der Waals surface area contributed by atoms with E-state index in [9.17, 15) is 5.11 Å². The van der Waals surface area contributed by atoms with Crippen molar-refractivity contribution in [2.75, 3.05) is 13.1 Å². The number of aryl methyl sites for hydroxylation is 2. The summed E-state index contributed by atoms with van der Waals surface area (Å²) in [6.07, 6.45) is 4.70. The topological polar surface area (TPSA) is 23.5 Å². The molecular formula is C15H21NO. The van der Waals surface area contributed by atoms with Crippen LogP contribution in [0.4, 0.5) is 0 Å². The van der Waals surface area contributed by atoms with Gasteiger partial charge in [0.25, 0.3) is 0 Å². The van der Waals surface area contributed by atoms with Crippen LogP contribution < -0.4 is 0 Å². The monoisotopic (exact) mass is 231 g/mol. The standard InChI is InChI=1S/C15H21NO/c1-2-15(17)10-16(11-15)9-12-6-7-13-4-3-5-14(13)8-12/h6-8,17H,2-5,9-11H2,1H3. The third kappa shape index (κ3) is 2.12. The van der Waals surface area contributed by atoms with Crippen LogP contribution in [0.15, 0.2) is 18.2 Å². The Bertz CT molecular complexity index is 421. The number of rotatable bonds is 3. The van der Waals surface area contributed by atoms with Crippen LogP contribution in [0, 0.1) is 0 Å². The van der Waals surface area contributed by atoms with Crippen LogP contribution in [0.5, 0.6) is 0 Å². The van der Waals surface area contributed by atoms with Crippen molar-refractivity contribution in [2.24, 2.45) is 0 Å². The highest BCUT2D eigenvalue weighted by Gasteiger charge is 2.38. The van der Waals surface area contributed by atoms with Gasteiger partial charge in [0.2, 0.25) is 0 Å². The molecule has 1 aliphatic carbocycles. The summed E-state index contributed by atoms with van der Waals surface area (Å²) < 4.78 is 0. The summed E-state index contributed by atoms with van der Waals surface area (Å²) in [7, 11) is 0. The van der Waals surface area contributed by atoms with Crippen molar-refractivity contribution in [2.45, 2.75) is 44.8 Å². The summed E-state index contributed by atoms with van der Waals surface area (Å²) in [5, 5.41) is 9.98. The lowest BCUT2D eigenvalue weighted by atomic mass is 9.91. The summed E-state index contributed by atoms with van der Waals surface area (Å²) in [6, 6.07) is 6.92. The third-order valence-electron chi connectivity index (χ3n) is 4.26. The number of hydrogen-bond acceptors (Lipinski definition) is 2. The summed E-state index contributed by atoms with van der Waals surface area (Å²) in [6.45, 7) is 4.73. The molecule has 0 amide bonds. The fraction of sp³-hybridized carbons (Fsp3) is 0.600. The van der Waals surface area contributed by atoms with Gasteiger partial charge in [0.1, 0.15) is 0 Å². The molecule has 0 saturated carbocycles. The van der Waals surface area contributed by atoms with Gasteiger partial charge < -0.3 is 5.11 Å². The molecule has 0 atom stereocenters. The molecule has 3 rings (SSSR count). The van der Waals surface area contributed by atoms with Crippen molar-refractivity contribution in [3.63, 3.8) is 0 Å². The SMILES string of the molecule is CCC1(O)CN(Cc2ccc3c(c2)CCC3)C1.